The normalized spacial score (nSPS) is 20.4. The number of hydrogen-bond donors (Lipinski definition) is 1. The Labute approximate surface area is 222 Å². The first-order valence-corrected chi connectivity index (χ1v) is 13.3. The monoisotopic (exact) mass is 532 g/mol. The lowest BCUT2D eigenvalue weighted by atomic mass is 9.74. The maximum absolute atomic E-state index is 13.9. The zero-order valence-electron chi connectivity index (χ0n) is 20.3. The lowest BCUT2D eigenvalue weighted by molar-refractivity contribution is 0.252. The van der Waals surface area contributed by atoms with Gasteiger partial charge >= 0.3 is 0 Å². The van der Waals surface area contributed by atoms with Gasteiger partial charge in [-0.3, -0.25) is 14.4 Å². The molecular formula is C29H25ClN2O4S. The minimum atomic E-state index is -0.176. The molecule has 1 aliphatic carbocycles. The largest absolute Gasteiger partial charge is 0.503 e. The Morgan fingerprint density at radius 1 is 1.11 bits per heavy atom. The topological polar surface area (TPSA) is 73.1 Å². The molecule has 2 aliphatic rings. The van der Waals surface area contributed by atoms with Crippen molar-refractivity contribution in [2.75, 3.05) is 14.2 Å². The second kappa shape index (κ2) is 9.39. The third kappa shape index (κ3) is 4.03. The van der Waals surface area contributed by atoms with Gasteiger partial charge in [0.2, 0.25) is 0 Å². The standard InChI is InChI=1S/C29H25ClN2O4S/c1-35-19-8-5-7-18(15-19)26-21-11-10-17-6-3-4-9-20(17)25(21)31-29-32(26)28(34)24(37-29)14-16-12-22(30)27(33)23(13-16)36-2/h3-9,12-15,21,25-26,33H,10-11H2,1-2H3/b24-14-/t21-,25-,26-/m0/s1. The number of aromatic nitrogens is 1. The van der Waals surface area contributed by atoms with Crippen LogP contribution in [-0.2, 0) is 6.42 Å². The van der Waals surface area contributed by atoms with Crippen molar-refractivity contribution in [1.29, 1.82) is 0 Å². The molecule has 1 N–H and O–H groups in total. The fraction of sp³-hybridized carbons (Fsp3) is 0.241. The summed E-state index contributed by atoms with van der Waals surface area (Å²) in [4.78, 5) is 19.8. The molecule has 0 bridgehead atoms. The SMILES string of the molecule is COc1cccc([C@H]2[C@H]3CCc4ccccc4[C@@H]3N=c3s/c(=C\c4cc(Cl)c(O)c(OC)c4)c(=O)n32)c1. The molecule has 0 radical (unpaired) electrons. The van der Waals surface area contributed by atoms with Crippen molar-refractivity contribution in [2.45, 2.75) is 24.9 Å². The summed E-state index contributed by atoms with van der Waals surface area (Å²) >= 11 is 7.58. The van der Waals surface area contributed by atoms with Gasteiger partial charge in [-0.05, 0) is 65.4 Å². The number of fused-ring (bicyclic) bond motifs is 4. The Kier molecular flexibility index (Phi) is 6.05. The first-order valence-electron chi connectivity index (χ1n) is 12.1. The van der Waals surface area contributed by atoms with Gasteiger partial charge in [0, 0.05) is 5.92 Å². The van der Waals surface area contributed by atoms with E-state index in [2.05, 4.69) is 30.3 Å². The van der Waals surface area contributed by atoms with E-state index >= 15 is 0 Å². The molecule has 1 aromatic heterocycles. The predicted molar refractivity (Wildman–Crippen MR) is 145 cm³/mol. The van der Waals surface area contributed by atoms with Crippen molar-refractivity contribution in [3.8, 4) is 17.2 Å². The number of hydrogen-bond acceptors (Lipinski definition) is 6. The number of nitrogens with zero attached hydrogens (tertiary/aromatic N) is 2. The van der Waals surface area contributed by atoms with Crippen LogP contribution in [0, 0.1) is 5.92 Å². The van der Waals surface area contributed by atoms with E-state index in [1.54, 1.807) is 25.3 Å². The number of phenols is 1. The minimum Gasteiger partial charge on any atom is -0.503 e. The van der Waals surface area contributed by atoms with E-state index in [0.29, 0.717) is 14.9 Å². The first kappa shape index (κ1) is 23.8. The van der Waals surface area contributed by atoms with E-state index in [1.807, 2.05) is 22.8 Å². The van der Waals surface area contributed by atoms with Crippen LogP contribution in [0.15, 0.2) is 70.5 Å². The highest BCUT2D eigenvalue weighted by Gasteiger charge is 2.40. The number of methoxy groups -OCH3 is 2. The third-order valence-electron chi connectivity index (χ3n) is 7.30. The smallest absolute Gasteiger partial charge is 0.270 e. The van der Waals surface area contributed by atoms with Crippen LogP contribution in [0.3, 0.4) is 0 Å². The summed E-state index contributed by atoms with van der Waals surface area (Å²) in [5.41, 5.74) is 4.15. The minimum absolute atomic E-state index is 0.0322. The summed E-state index contributed by atoms with van der Waals surface area (Å²) in [5, 5.41) is 10.3. The summed E-state index contributed by atoms with van der Waals surface area (Å²) in [6.07, 6.45) is 3.66. The lowest BCUT2D eigenvalue weighted by Gasteiger charge is -2.39. The molecule has 6 rings (SSSR count). The van der Waals surface area contributed by atoms with E-state index in [1.165, 1.54) is 29.6 Å². The predicted octanol–water partition coefficient (Wildman–Crippen LogP) is 4.64. The van der Waals surface area contributed by atoms with Crippen LogP contribution in [0.25, 0.3) is 6.08 Å². The van der Waals surface area contributed by atoms with Crippen LogP contribution in [0.1, 0.15) is 40.8 Å². The van der Waals surface area contributed by atoms with Gasteiger partial charge < -0.3 is 14.6 Å². The van der Waals surface area contributed by atoms with Crippen LogP contribution < -0.4 is 24.4 Å². The number of rotatable bonds is 4. The Morgan fingerprint density at radius 3 is 2.76 bits per heavy atom. The van der Waals surface area contributed by atoms with Crippen molar-refractivity contribution >= 4 is 29.0 Å². The summed E-state index contributed by atoms with van der Waals surface area (Å²) in [6.45, 7) is 0. The summed E-state index contributed by atoms with van der Waals surface area (Å²) in [5.74, 6) is 1.02. The maximum Gasteiger partial charge on any atom is 0.270 e. The zero-order valence-corrected chi connectivity index (χ0v) is 21.9. The van der Waals surface area contributed by atoms with Crippen molar-refractivity contribution in [2.24, 2.45) is 10.9 Å². The summed E-state index contributed by atoms with van der Waals surface area (Å²) < 4.78 is 13.2. The van der Waals surface area contributed by atoms with Gasteiger partial charge in [-0.2, -0.15) is 0 Å². The van der Waals surface area contributed by atoms with Gasteiger partial charge in [0.25, 0.3) is 5.56 Å². The average Bonchev–Trinajstić information content (AvgIpc) is 3.23. The second-order valence-corrected chi connectivity index (χ2v) is 10.7. The van der Waals surface area contributed by atoms with Gasteiger partial charge in [0.15, 0.2) is 16.3 Å². The van der Waals surface area contributed by atoms with Crippen LogP contribution in [0.5, 0.6) is 17.2 Å². The molecule has 0 fully saturated rings. The Bertz CT molecular complexity index is 1690. The molecule has 0 amide bonds. The number of halogens is 1. The van der Waals surface area contributed by atoms with Crippen LogP contribution in [-0.4, -0.2) is 23.9 Å². The highest BCUT2D eigenvalue weighted by atomic mass is 35.5. The highest BCUT2D eigenvalue weighted by Crippen LogP contribution is 2.46. The number of thiazole rings is 1. The second-order valence-electron chi connectivity index (χ2n) is 9.32. The van der Waals surface area contributed by atoms with E-state index in [9.17, 15) is 9.90 Å². The van der Waals surface area contributed by atoms with Gasteiger partial charge in [0.05, 0.1) is 35.9 Å². The lowest BCUT2D eigenvalue weighted by Crippen LogP contribution is -2.44. The molecular weight excluding hydrogens is 508 g/mol. The van der Waals surface area contributed by atoms with Gasteiger partial charge in [-0.25, -0.2) is 0 Å². The van der Waals surface area contributed by atoms with Crippen molar-refractivity contribution in [3.63, 3.8) is 0 Å². The van der Waals surface area contributed by atoms with Gasteiger partial charge in [-0.15, -0.1) is 0 Å². The summed E-state index contributed by atoms with van der Waals surface area (Å²) in [6, 6.07) is 19.5. The van der Waals surface area contributed by atoms with E-state index in [-0.39, 0.29) is 40.1 Å². The van der Waals surface area contributed by atoms with Gasteiger partial charge in [0.1, 0.15) is 5.75 Å². The van der Waals surface area contributed by atoms with E-state index in [4.69, 9.17) is 26.1 Å². The van der Waals surface area contributed by atoms with Crippen molar-refractivity contribution < 1.29 is 14.6 Å². The van der Waals surface area contributed by atoms with E-state index in [0.717, 1.165) is 24.2 Å². The number of ether oxygens (including phenoxy) is 2. The Hall–Kier alpha value is -3.55. The molecule has 6 nitrogen and oxygen atoms in total. The number of benzene rings is 3. The van der Waals surface area contributed by atoms with Crippen molar-refractivity contribution in [1.82, 2.24) is 4.57 Å². The van der Waals surface area contributed by atoms with Crippen molar-refractivity contribution in [3.05, 3.63) is 108 Å². The number of aryl methyl sites for hydroxylation is 1. The molecule has 1 aliphatic heterocycles. The molecule has 0 unspecified atom stereocenters. The molecule has 3 atom stereocenters. The molecule has 0 spiro atoms. The summed E-state index contributed by atoms with van der Waals surface area (Å²) in [7, 11) is 3.12. The van der Waals surface area contributed by atoms with E-state index < -0.39 is 0 Å². The molecule has 3 aromatic carbocycles. The average molecular weight is 533 g/mol. The Morgan fingerprint density at radius 2 is 1.95 bits per heavy atom. The Balaban J connectivity index is 1.59. The zero-order chi connectivity index (χ0) is 25.7. The molecule has 188 valence electrons. The maximum atomic E-state index is 13.9. The first-order chi connectivity index (χ1) is 18.0. The van der Waals surface area contributed by atoms with Crippen LogP contribution in [0.2, 0.25) is 5.02 Å². The molecule has 8 heteroatoms. The fourth-order valence-corrected chi connectivity index (χ4v) is 6.85. The molecule has 37 heavy (non-hydrogen) atoms. The highest BCUT2D eigenvalue weighted by molar-refractivity contribution is 7.07. The van der Waals surface area contributed by atoms with Crippen LogP contribution >= 0.6 is 22.9 Å². The number of phenolic OH excluding ortho intramolecular Hbond substituents is 1. The quantitative estimate of drug-likeness (QED) is 0.415. The number of aromatic hydroxyl groups is 1. The fourth-order valence-electron chi connectivity index (χ4n) is 5.60. The molecule has 0 saturated heterocycles. The molecule has 2 heterocycles. The van der Waals surface area contributed by atoms with Gasteiger partial charge in [-0.1, -0.05) is 59.3 Å². The molecule has 4 aromatic rings. The third-order valence-corrected chi connectivity index (χ3v) is 8.59. The molecule has 0 saturated carbocycles. The van der Waals surface area contributed by atoms with Crippen LogP contribution in [0.4, 0.5) is 0 Å².